The van der Waals surface area contributed by atoms with Crippen LogP contribution in [0.5, 0.6) is 0 Å². The summed E-state index contributed by atoms with van der Waals surface area (Å²) in [4.78, 5) is 29.5. The Morgan fingerprint density at radius 2 is 1.70 bits per heavy atom. The van der Waals surface area contributed by atoms with Crippen LogP contribution in [-0.2, 0) is 16.0 Å². The lowest BCUT2D eigenvalue weighted by Crippen LogP contribution is -2.38. The molecular formula is C17H25ClN2O2S. The molecule has 23 heavy (non-hydrogen) atoms. The highest BCUT2D eigenvalue weighted by atomic mass is 35.5. The van der Waals surface area contributed by atoms with E-state index in [1.807, 2.05) is 21.9 Å². The van der Waals surface area contributed by atoms with Crippen LogP contribution in [0.4, 0.5) is 0 Å². The molecule has 1 aromatic rings. The molecule has 0 unspecified atom stereocenters. The fraction of sp³-hybridized carbons (Fsp3) is 0.647. The molecule has 1 aliphatic rings. The Morgan fingerprint density at radius 1 is 1.09 bits per heavy atom. The van der Waals surface area contributed by atoms with Crippen molar-refractivity contribution >= 4 is 34.8 Å². The molecular weight excluding hydrogens is 332 g/mol. The van der Waals surface area contributed by atoms with Crippen molar-refractivity contribution in [3.63, 3.8) is 0 Å². The molecule has 1 fully saturated rings. The van der Waals surface area contributed by atoms with E-state index >= 15 is 0 Å². The van der Waals surface area contributed by atoms with Gasteiger partial charge in [-0.05, 0) is 24.0 Å². The third kappa shape index (κ3) is 5.81. The molecule has 0 bridgehead atoms. The Kier molecular flexibility index (Phi) is 6.09. The van der Waals surface area contributed by atoms with Crippen molar-refractivity contribution in [3.8, 4) is 0 Å². The SMILES string of the molecule is CC(C)(C)CC(=O)N1CCCN(C(=O)Cc2ccc(Cl)s2)CC1. The molecule has 2 heterocycles. The van der Waals surface area contributed by atoms with Crippen LogP contribution in [0.25, 0.3) is 0 Å². The van der Waals surface area contributed by atoms with Crippen LogP contribution in [0.3, 0.4) is 0 Å². The van der Waals surface area contributed by atoms with Gasteiger partial charge in [0.2, 0.25) is 11.8 Å². The summed E-state index contributed by atoms with van der Waals surface area (Å²) >= 11 is 7.36. The summed E-state index contributed by atoms with van der Waals surface area (Å²) in [5.74, 6) is 0.311. The number of rotatable bonds is 3. The van der Waals surface area contributed by atoms with Gasteiger partial charge in [-0.1, -0.05) is 32.4 Å². The van der Waals surface area contributed by atoms with Crippen LogP contribution >= 0.6 is 22.9 Å². The van der Waals surface area contributed by atoms with Gasteiger partial charge in [-0.25, -0.2) is 0 Å². The van der Waals surface area contributed by atoms with E-state index in [9.17, 15) is 9.59 Å². The number of thiophene rings is 1. The molecule has 0 spiro atoms. The molecule has 0 saturated carbocycles. The molecule has 0 atom stereocenters. The second-order valence-electron chi connectivity index (χ2n) is 7.24. The molecule has 0 radical (unpaired) electrons. The lowest BCUT2D eigenvalue weighted by atomic mass is 9.91. The third-order valence-electron chi connectivity index (χ3n) is 3.84. The highest BCUT2D eigenvalue weighted by molar-refractivity contribution is 7.16. The van der Waals surface area contributed by atoms with E-state index < -0.39 is 0 Å². The second kappa shape index (κ2) is 7.67. The maximum absolute atomic E-state index is 12.4. The first-order valence-corrected chi connectivity index (χ1v) is 9.24. The van der Waals surface area contributed by atoms with Crippen molar-refractivity contribution in [2.75, 3.05) is 26.2 Å². The molecule has 2 rings (SSSR count). The number of nitrogens with zero attached hydrogens (tertiary/aromatic N) is 2. The topological polar surface area (TPSA) is 40.6 Å². The van der Waals surface area contributed by atoms with Gasteiger partial charge in [0.05, 0.1) is 10.8 Å². The fourth-order valence-corrected chi connectivity index (χ4v) is 3.77. The van der Waals surface area contributed by atoms with Crippen LogP contribution in [-0.4, -0.2) is 47.8 Å². The van der Waals surface area contributed by atoms with Gasteiger partial charge >= 0.3 is 0 Å². The zero-order chi connectivity index (χ0) is 17.0. The van der Waals surface area contributed by atoms with Gasteiger partial charge in [0.15, 0.2) is 0 Å². The summed E-state index contributed by atoms with van der Waals surface area (Å²) in [6, 6.07) is 3.73. The van der Waals surface area contributed by atoms with Crippen molar-refractivity contribution in [1.29, 1.82) is 0 Å². The number of carbonyl (C=O) groups excluding carboxylic acids is 2. The molecule has 128 valence electrons. The Morgan fingerprint density at radius 3 is 2.22 bits per heavy atom. The minimum absolute atomic E-state index is 0.00265. The first kappa shape index (κ1) is 18.3. The Bertz CT molecular complexity index is 565. The average Bonchev–Trinajstić information content (AvgIpc) is 2.71. The van der Waals surface area contributed by atoms with Gasteiger partial charge < -0.3 is 9.80 Å². The fourth-order valence-electron chi connectivity index (χ4n) is 2.69. The van der Waals surface area contributed by atoms with E-state index in [0.29, 0.717) is 30.3 Å². The van der Waals surface area contributed by atoms with Crippen molar-refractivity contribution in [2.24, 2.45) is 5.41 Å². The van der Waals surface area contributed by atoms with Crippen LogP contribution in [0.1, 0.15) is 38.5 Å². The minimum Gasteiger partial charge on any atom is -0.341 e. The quantitative estimate of drug-likeness (QED) is 0.832. The lowest BCUT2D eigenvalue weighted by molar-refractivity contribution is -0.134. The molecule has 1 aromatic heterocycles. The maximum Gasteiger partial charge on any atom is 0.227 e. The van der Waals surface area contributed by atoms with Crippen molar-refractivity contribution in [2.45, 2.75) is 40.0 Å². The summed E-state index contributed by atoms with van der Waals surface area (Å²) in [6.07, 6.45) is 1.79. The summed E-state index contributed by atoms with van der Waals surface area (Å²) < 4.78 is 0.711. The predicted molar refractivity (Wildman–Crippen MR) is 94.9 cm³/mol. The summed E-state index contributed by atoms with van der Waals surface area (Å²) in [7, 11) is 0. The molecule has 4 nitrogen and oxygen atoms in total. The van der Waals surface area contributed by atoms with Crippen molar-refractivity contribution in [1.82, 2.24) is 9.80 Å². The van der Waals surface area contributed by atoms with E-state index in [0.717, 1.165) is 24.4 Å². The van der Waals surface area contributed by atoms with Gasteiger partial charge in [-0.2, -0.15) is 0 Å². The maximum atomic E-state index is 12.4. The summed E-state index contributed by atoms with van der Waals surface area (Å²) in [5.41, 5.74) is -0.00265. The van der Waals surface area contributed by atoms with E-state index in [1.165, 1.54) is 11.3 Å². The van der Waals surface area contributed by atoms with E-state index in [-0.39, 0.29) is 17.2 Å². The molecule has 0 aromatic carbocycles. The molecule has 1 saturated heterocycles. The highest BCUT2D eigenvalue weighted by Gasteiger charge is 2.25. The molecule has 6 heteroatoms. The largest absolute Gasteiger partial charge is 0.341 e. The van der Waals surface area contributed by atoms with Gasteiger partial charge in [0, 0.05) is 37.5 Å². The monoisotopic (exact) mass is 356 g/mol. The standard InChI is InChI=1S/C17H25ClN2O2S/c1-17(2,3)12-16(22)20-8-4-7-19(9-10-20)15(21)11-13-5-6-14(18)23-13/h5-6H,4,7-12H2,1-3H3. The Balaban J connectivity index is 1.88. The van der Waals surface area contributed by atoms with Gasteiger partial charge in [0.1, 0.15) is 0 Å². The molecule has 1 aliphatic heterocycles. The summed E-state index contributed by atoms with van der Waals surface area (Å²) in [6.45, 7) is 8.93. The van der Waals surface area contributed by atoms with Gasteiger partial charge in [-0.15, -0.1) is 11.3 Å². The number of hydrogen-bond acceptors (Lipinski definition) is 3. The molecule has 2 amide bonds. The second-order valence-corrected chi connectivity index (χ2v) is 9.03. The Hall–Kier alpha value is -1.07. The first-order chi connectivity index (χ1) is 10.7. The third-order valence-corrected chi connectivity index (χ3v) is 5.07. The van der Waals surface area contributed by atoms with Crippen LogP contribution in [0, 0.1) is 5.41 Å². The van der Waals surface area contributed by atoms with E-state index in [2.05, 4.69) is 20.8 Å². The van der Waals surface area contributed by atoms with Crippen molar-refractivity contribution < 1.29 is 9.59 Å². The van der Waals surface area contributed by atoms with E-state index in [4.69, 9.17) is 11.6 Å². The number of hydrogen-bond donors (Lipinski definition) is 0. The molecule has 0 aliphatic carbocycles. The zero-order valence-corrected chi connectivity index (χ0v) is 15.7. The predicted octanol–water partition coefficient (Wildman–Crippen LogP) is 3.44. The lowest BCUT2D eigenvalue weighted by Gasteiger charge is -2.25. The summed E-state index contributed by atoms with van der Waals surface area (Å²) in [5, 5.41) is 0. The van der Waals surface area contributed by atoms with Crippen molar-refractivity contribution in [3.05, 3.63) is 21.3 Å². The Labute approximate surface area is 147 Å². The normalized spacial score (nSPS) is 16.3. The minimum atomic E-state index is -0.00265. The molecule has 0 N–H and O–H groups in total. The van der Waals surface area contributed by atoms with E-state index in [1.54, 1.807) is 0 Å². The van der Waals surface area contributed by atoms with Gasteiger partial charge in [0.25, 0.3) is 0 Å². The highest BCUT2D eigenvalue weighted by Crippen LogP contribution is 2.23. The number of amides is 2. The first-order valence-electron chi connectivity index (χ1n) is 8.04. The number of carbonyl (C=O) groups is 2. The van der Waals surface area contributed by atoms with Gasteiger partial charge in [-0.3, -0.25) is 9.59 Å². The smallest absolute Gasteiger partial charge is 0.227 e. The zero-order valence-electron chi connectivity index (χ0n) is 14.1. The van der Waals surface area contributed by atoms with Crippen LogP contribution in [0.2, 0.25) is 4.34 Å². The van der Waals surface area contributed by atoms with Crippen LogP contribution in [0.15, 0.2) is 12.1 Å². The average molecular weight is 357 g/mol. The van der Waals surface area contributed by atoms with Crippen LogP contribution < -0.4 is 0 Å². The number of halogens is 1.